The predicted octanol–water partition coefficient (Wildman–Crippen LogP) is 2.32. The summed E-state index contributed by atoms with van der Waals surface area (Å²) in [6.07, 6.45) is 2.69. The molecule has 1 aromatic heterocycles. The summed E-state index contributed by atoms with van der Waals surface area (Å²) in [6, 6.07) is 5.67. The van der Waals surface area contributed by atoms with E-state index in [2.05, 4.69) is 34.3 Å². The summed E-state index contributed by atoms with van der Waals surface area (Å²) >= 11 is 0. The van der Waals surface area contributed by atoms with E-state index in [0.717, 1.165) is 31.6 Å². The normalized spacial score (nSPS) is 19.5. The highest BCUT2D eigenvalue weighted by atomic mass is 19.1. The quantitative estimate of drug-likeness (QED) is 0.655. The molecule has 9 heteroatoms. The number of halogens is 1. The number of likely N-dealkylation sites (tertiary alicyclic amines) is 1. The van der Waals surface area contributed by atoms with E-state index in [9.17, 15) is 9.18 Å². The van der Waals surface area contributed by atoms with E-state index in [4.69, 9.17) is 4.74 Å². The third-order valence-electron chi connectivity index (χ3n) is 5.72. The highest BCUT2D eigenvalue weighted by molar-refractivity contribution is 5.78. The number of aromatic nitrogens is 4. The van der Waals surface area contributed by atoms with Crippen LogP contribution in [0, 0.1) is 11.7 Å². The molecule has 0 radical (unpaired) electrons. The molecule has 1 aromatic carbocycles. The van der Waals surface area contributed by atoms with Crippen molar-refractivity contribution in [1.82, 2.24) is 30.0 Å². The Morgan fingerprint density at radius 1 is 1.30 bits per heavy atom. The van der Waals surface area contributed by atoms with Crippen LogP contribution in [-0.2, 0) is 16.9 Å². The van der Waals surface area contributed by atoms with Crippen molar-refractivity contribution in [1.29, 1.82) is 0 Å². The van der Waals surface area contributed by atoms with E-state index in [0.29, 0.717) is 24.8 Å². The van der Waals surface area contributed by atoms with Crippen molar-refractivity contribution in [2.45, 2.75) is 45.2 Å². The molecule has 2 aromatic rings. The largest absolute Gasteiger partial charge is 0.484 e. The summed E-state index contributed by atoms with van der Waals surface area (Å²) in [5, 5.41) is 12.5. The van der Waals surface area contributed by atoms with E-state index in [1.54, 1.807) is 0 Å². The van der Waals surface area contributed by atoms with E-state index in [1.807, 2.05) is 23.7 Å². The number of hydrogen-bond acceptors (Lipinski definition) is 6. The van der Waals surface area contributed by atoms with Crippen LogP contribution < -0.4 is 4.74 Å². The van der Waals surface area contributed by atoms with Gasteiger partial charge in [0.15, 0.2) is 12.4 Å². The summed E-state index contributed by atoms with van der Waals surface area (Å²) < 4.78 is 20.5. The molecule has 164 valence electrons. The van der Waals surface area contributed by atoms with Crippen molar-refractivity contribution in [3.8, 4) is 5.75 Å². The van der Waals surface area contributed by atoms with Gasteiger partial charge in [0.2, 0.25) is 0 Å². The van der Waals surface area contributed by atoms with Crippen LogP contribution in [0.3, 0.4) is 0 Å². The molecule has 0 aliphatic carbocycles. The van der Waals surface area contributed by atoms with Crippen LogP contribution in [0.5, 0.6) is 5.75 Å². The average Bonchev–Trinajstić information content (AvgIpc) is 3.20. The number of likely N-dealkylation sites (N-methyl/N-ethyl adjacent to an activating group) is 1. The summed E-state index contributed by atoms with van der Waals surface area (Å²) in [6.45, 7) is 6.16. The first-order valence-corrected chi connectivity index (χ1v) is 10.4. The van der Waals surface area contributed by atoms with Crippen molar-refractivity contribution in [3.05, 3.63) is 35.9 Å². The van der Waals surface area contributed by atoms with Gasteiger partial charge in [-0.25, -0.2) is 9.07 Å². The highest BCUT2D eigenvalue weighted by Crippen LogP contribution is 2.35. The number of nitrogens with zero attached hydrogens (tertiary/aromatic N) is 6. The number of carbonyl (C=O) groups excluding carboxylic acids is 1. The van der Waals surface area contributed by atoms with Gasteiger partial charge in [-0.05, 0) is 74.0 Å². The van der Waals surface area contributed by atoms with Gasteiger partial charge in [-0.3, -0.25) is 9.69 Å². The van der Waals surface area contributed by atoms with Gasteiger partial charge in [0, 0.05) is 19.6 Å². The summed E-state index contributed by atoms with van der Waals surface area (Å²) in [4.78, 5) is 16.8. The Morgan fingerprint density at radius 3 is 2.70 bits per heavy atom. The molecular weight excluding hydrogens is 387 g/mol. The third kappa shape index (κ3) is 4.95. The molecule has 1 aliphatic heterocycles. The maximum atomic E-state index is 13.1. The molecule has 1 unspecified atom stereocenters. The number of carbonyl (C=O) groups is 1. The molecule has 1 saturated heterocycles. The van der Waals surface area contributed by atoms with Crippen LogP contribution in [0.15, 0.2) is 24.3 Å². The number of amides is 1. The molecular formula is C21H31FN6O2. The van der Waals surface area contributed by atoms with Crippen LogP contribution in [0.4, 0.5) is 4.39 Å². The first-order chi connectivity index (χ1) is 14.3. The summed E-state index contributed by atoms with van der Waals surface area (Å²) in [7, 11) is 4.01. The minimum absolute atomic E-state index is 0.0899. The molecule has 3 rings (SSSR count). The first kappa shape index (κ1) is 22.1. The highest BCUT2D eigenvalue weighted by Gasteiger charge is 2.44. The zero-order chi connectivity index (χ0) is 21.7. The Bertz CT molecular complexity index is 838. The Hall–Kier alpha value is -2.55. The zero-order valence-corrected chi connectivity index (χ0v) is 18.2. The Labute approximate surface area is 177 Å². The van der Waals surface area contributed by atoms with Crippen molar-refractivity contribution in [3.63, 3.8) is 0 Å². The molecule has 1 fully saturated rings. The minimum atomic E-state index is -0.454. The molecule has 0 saturated carbocycles. The maximum absolute atomic E-state index is 13.1. The van der Waals surface area contributed by atoms with Gasteiger partial charge in [-0.1, -0.05) is 13.8 Å². The molecule has 8 nitrogen and oxygen atoms in total. The van der Waals surface area contributed by atoms with Crippen LogP contribution in [0.1, 0.15) is 38.9 Å². The SMILES string of the molecule is CC(C)CCn1nnnc1C1(N(C)C)CCCN(C(=O)COc2ccc(F)cc2)C1. The molecule has 1 amide bonds. The lowest BCUT2D eigenvalue weighted by atomic mass is 9.86. The van der Waals surface area contributed by atoms with E-state index >= 15 is 0 Å². The molecule has 30 heavy (non-hydrogen) atoms. The Balaban J connectivity index is 1.73. The average molecular weight is 419 g/mol. The summed E-state index contributed by atoms with van der Waals surface area (Å²) in [5.41, 5.74) is -0.454. The number of tetrazole rings is 1. The second-order valence-corrected chi connectivity index (χ2v) is 8.50. The minimum Gasteiger partial charge on any atom is -0.484 e. The van der Waals surface area contributed by atoms with Crippen molar-refractivity contribution >= 4 is 5.91 Å². The van der Waals surface area contributed by atoms with Crippen molar-refractivity contribution in [2.75, 3.05) is 33.8 Å². The van der Waals surface area contributed by atoms with Gasteiger partial charge in [-0.2, -0.15) is 0 Å². The maximum Gasteiger partial charge on any atom is 0.260 e. The number of benzene rings is 1. The number of hydrogen-bond donors (Lipinski definition) is 0. The summed E-state index contributed by atoms with van der Waals surface area (Å²) in [5.74, 6) is 1.37. The molecule has 0 bridgehead atoms. The second kappa shape index (κ2) is 9.51. The number of aryl methyl sites for hydroxylation is 1. The lowest BCUT2D eigenvalue weighted by Crippen LogP contribution is -2.57. The van der Waals surface area contributed by atoms with E-state index < -0.39 is 5.54 Å². The van der Waals surface area contributed by atoms with Crippen molar-refractivity contribution < 1.29 is 13.9 Å². The standard InChI is InChI=1S/C21H31FN6O2/c1-16(2)10-13-28-20(23-24-25-28)21(26(3)4)11-5-12-27(15-21)19(29)14-30-18-8-6-17(22)7-9-18/h6-9,16H,5,10-15H2,1-4H3. The fourth-order valence-electron chi connectivity index (χ4n) is 3.83. The Morgan fingerprint density at radius 2 is 2.03 bits per heavy atom. The van der Waals surface area contributed by atoms with Gasteiger partial charge in [0.1, 0.15) is 17.1 Å². The number of piperidine rings is 1. The lowest BCUT2D eigenvalue weighted by Gasteiger charge is -2.45. The molecule has 0 N–H and O–H groups in total. The van der Waals surface area contributed by atoms with E-state index in [-0.39, 0.29) is 18.3 Å². The van der Waals surface area contributed by atoms with Gasteiger partial charge < -0.3 is 9.64 Å². The molecule has 0 spiro atoms. The zero-order valence-electron chi connectivity index (χ0n) is 18.2. The van der Waals surface area contributed by atoms with Crippen molar-refractivity contribution in [2.24, 2.45) is 5.92 Å². The molecule has 1 aliphatic rings. The van der Waals surface area contributed by atoms with Gasteiger partial charge in [0.05, 0.1) is 0 Å². The topological polar surface area (TPSA) is 76.4 Å². The fourth-order valence-corrected chi connectivity index (χ4v) is 3.83. The predicted molar refractivity (Wildman–Crippen MR) is 110 cm³/mol. The van der Waals surface area contributed by atoms with E-state index in [1.165, 1.54) is 24.3 Å². The fraction of sp³-hybridized carbons (Fsp3) is 0.619. The van der Waals surface area contributed by atoms with Crippen LogP contribution in [0.25, 0.3) is 0 Å². The third-order valence-corrected chi connectivity index (χ3v) is 5.72. The second-order valence-electron chi connectivity index (χ2n) is 8.50. The van der Waals surface area contributed by atoms with Crippen LogP contribution >= 0.6 is 0 Å². The molecule has 1 atom stereocenters. The number of rotatable bonds is 8. The van der Waals surface area contributed by atoms with Gasteiger partial charge in [-0.15, -0.1) is 5.10 Å². The lowest BCUT2D eigenvalue weighted by molar-refractivity contribution is -0.137. The van der Waals surface area contributed by atoms with Gasteiger partial charge >= 0.3 is 0 Å². The van der Waals surface area contributed by atoms with Gasteiger partial charge in [0.25, 0.3) is 5.91 Å². The monoisotopic (exact) mass is 418 g/mol. The number of ether oxygens (including phenoxy) is 1. The Kier molecular flexibility index (Phi) is 7.02. The van der Waals surface area contributed by atoms with Crippen LogP contribution in [0.2, 0.25) is 0 Å². The smallest absolute Gasteiger partial charge is 0.260 e. The van der Waals surface area contributed by atoms with Crippen LogP contribution in [-0.4, -0.2) is 69.7 Å². The first-order valence-electron chi connectivity index (χ1n) is 10.4. The molecule has 2 heterocycles.